The van der Waals surface area contributed by atoms with E-state index in [-0.39, 0.29) is 29.7 Å². The third-order valence-corrected chi connectivity index (χ3v) is 3.25. The van der Waals surface area contributed by atoms with E-state index in [2.05, 4.69) is 10.1 Å². The summed E-state index contributed by atoms with van der Waals surface area (Å²) in [5, 5.41) is 4.35. The molecule has 1 aromatic heterocycles. The molecule has 0 aliphatic carbocycles. The Kier molecular flexibility index (Phi) is 4.49. The first-order chi connectivity index (χ1) is 9.47. The zero-order chi connectivity index (χ0) is 14.7. The van der Waals surface area contributed by atoms with E-state index < -0.39 is 5.82 Å². The second-order valence-electron chi connectivity index (χ2n) is 4.84. The molecule has 0 atom stereocenters. The first-order valence-corrected chi connectivity index (χ1v) is 6.69. The summed E-state index contributed by atoms with van der Waals surface area (Å²) in [6.45, 7) is 3.94. The Morgan fingerprint density at radius 1 is 1.40 bits per heavy atom. The molecule has 1 heterocycles. The second-order valence-corrected chi connectivity index (χ2v) is 5.25. The molecule has 0 aliphatic rings. The van der Waals surface area contributed by atoms with Gasteiger partial charge in [-0.25, -0.2) is 14.1 Å². The largest absolute Gasteiger partial charge is 0.299 e. The van der Waals surface area contributed by atoms with Gasteiger partial charge in [0.25, 0.3) is 0 Å². The third kappa shape index (κ3) is 3.42. The Bertz CT molecular complexity index is 625. The molecule has 6 heteroatoms. The Morgan fingerprint density at radius 2 is 2.15 bits per heavy atom. The van der Waals surface area contributed by atoms with E-state index in [0.717, 1.165) is 0 Å². The Labute approximate surface area is 121 Å². The van der Waals surface area contributed by atoms with E-state index in [1.165, 1.54) is 24.5 Å². The van der Waals surface area contributed by atoms with Crippen LogP contribution in [0.1, 0.15) is 31.3 Å². The van der Waals surface area contributed by atoms with Crippen molar-refractivity contribution in [1.82, 2.24) is 14.8 Å². The molecule has 0 spiro atoms. The summed E-state index contributed by atoms with van der Waals surface area (Å²) in [4.78, 5) is 16.2. The Morgan fingerprint density at radius 3 is 2.80 bits per heavy atom. The highest BCUT2D eigenvalue weighted by molar-refractivity contribution is 6.31. The van der Waals surface area contributed by atoms with Gasteiger partial charge in [-0.2, -0.15) is 5.10 Å². The van der Waals surface area contributed by atoms with Crippen LogP contribution in [0.4, 0.5) is 4.39 Å². The number of benzene rings is 1. The fourth-order valence-corrected chi connectivity index (χ4v) is 2.18. The van der Waals surface area contributed by atoms with Crippen molar-refractivity contribution in [3.63, 3.8) is 0 Å². The molecule has 0 fully saturated rings. The molecule has 0 aliphatic heterocycles. The molecule has 0 bridgehead atoms. The average molecular weight is 296 g/mol. The second kappa shape index (κ2) is 6.13. The highest BCUT2D eigenvalue weighted by Gasteiger charge is 2.14. The molecule has 2 aromatic rings. The van der Waals surface area contributed by atoms with Gasteiger partial charge in [-0.05, 0) is 31.5 Å². The standard InChI is InChI=1S/C14H15ClFN3O/c1-9(2)19-14(17-8-18-19)7-12(20)5-10-3-4-11(16)6-13(10)15/h3-4,6,8-9H,5,7H2,1-2H3. The van der Waals surface area contributed by atoms with Crippen molar-refractivity contribution >= 4 is 17.4 Å². The van der Waals surface area contributed by atoms with Gasteiger partial charge in [0.2, 0.25) is 0 Å². The first-order valence-electron chi connectivity index (χ1n) is 6.31. The molecule has 1 aromatic carbocycles. The van der Waals surface area contributed by atoms with Crippen LogP contribution in [0.3, 0.4) is 0 Å². The molecule has 20 heavy (non-hydrogen) atoms. The van der Waals surface area contributed by atoms with Gasteiger partial charge in [0.15, 0.2) is 0 Å². The average Bonchev–Trinajstić information content (AvgIpc) is 2.81. The maximum Gasteiger partial charge on any atom is 0.144 e. The zero-order valence-corrected chi connectivity index (χ0v) is 12.1. The maximum atomic E-state index is 12.9. The maximum absolute atomic E-state index is 12.9. The Balaban J connectivity index is 2.07. The van der Waals surface area contributed by atoms with Crippen LogP contribution in [0.15, 0.2) is 24.5 Å². The normalized spacial score (nSPS) is 11.1. The topological polar surface area (TPSA) is 47.8 Å². The molecule has 0 amide bonds. The van der Waals surface area contributed by atoms with Gasteiger partial charge in [-0.3, -0.25) is 4.79 Å². The number of halogens is 2. The fraction of sp³-hybridized carbons (Fsp3) is 0.357. The highest BCUT2D eigenvalue weighted by atomic mass is 35.5. The zero-order valence-electron chi connectivity index (χ0n) is 11.3. The molecule has 0 radical (unpaired) electrons. The van der Waals surface area contributed by atoms with Crippen molar-refractivity contribution in [3.8, 4) is 0 Å². The predicted molar refractivity (Wildman–Crippen MR) is 74.2 cm³/mol. The van der Waals surface area contributed by atoms with Crippen molar-refractivity contribution in [1.29, 1.82) is 0 Å². The van der Waals surface area contributed by atoms with E-state index in [1.807, 2.05) is 13.8 Å². The lowest BCUT2D eigenvalue weighted by molar-refractivity contribution is -0.117. The van der Waals surface area contributed by atoms with Crippen LogP contribution < -0.4 is 0 Å². The molecule has 0 saturated carbocycles. The minimum absolute atomic E-state index is 0.0339. The van der Waals surface area contributed by atoms with Gasteiger partial charge < -0.3 is 0 Å². The SMILES string of the molecule is CC(C)n1ncnc1CC(=O)Cc1ccc(F)cc1Cl. The molecule has 0 saturated heterocycles. The van der Waals surface area contributed by atoms with Crippen LogP contribution in [0.25, 0.3) is 0 Å². The van der Waals surface area contributed by atoms with Gasteiger partial charge in [-0.15, -0.1) is 0 Å². The number of rotatable bonds is 5. The lowest BCUT2D eigenvalue weighted by atomic mass is 10.1. The minimum Gasteiger partial charge on any atom is -0.299 e. The summed E-state index contributed by atoms with van der Waals surface area (Å²) < 4.78 is 14.7. The van der Waals surface area contributed by atoms with E-state index in [1.54, 1.807) is 4.68 Å². The number of hydrogen-bond donors (Lipinski definition) is 0. The smallest absolute Gasteiger partial charge is 0.144 e. The van der Waals surface area contributed by atoms with Gasteiger partial charge in [0.1, 0.15) is 23.8 Å². The van der Waals surface area contributed by atoms with Crippen LogP contribution in [0.5, 0.6) is 0 Å². The number of carbonyl (C=O) groups is 1. The number of nitrogens with zero attached hydrogens (tertiary/aromatic N) is 3. The summed E-state index contributed by atoms with van der Waals surface area (Å²) in [5.74, 6) is 0.183. The van der Waals surface area contributed by atoms with Crippen molar-refractivity contribution in [2.75, 3.05) is 0 Å². The number of carbonyl (C=O) groups excluding carboxylic acids is 1. The Hall–Kier alpha value is -1.75. The number of Topliss-reactive ketones (excluding diaryl/α,β-unsaturated/α-hetero) is 1. The quantitative estimate of drug-likeness (QED) is 0.852. The van der Waals surface area contributed by atoms with Crippen LogP contribution in [0.2, 0.25) is 5.02 Å². The fourth-order valence-electron chi connectivity index (χ4n) is 1.95. The lowest BCUT2D eigenvalue weighted by Gasteiger charge is -2.09. The molecule has 0 N–H and O–H groups in total. The molecular formula is C14H15ClFN3O. The van der Waals surface area contributed by atoms with Crippen LogP contribution >= 0.6 is 11.6 Å². The number of hydrogen-bond acceptors (Lipinski definition) is 3. The summed E-state index contributed by atoms with van der Waals surface area (Å²) in [7, 11) is 0. The molecule has 106 valence electrons. The van der Waals surface area contributed by atoms with Gasteiger partial charge in [0.05, 0.1) is 6.42 Å². The predicted octanol–water partition coefficient (Wildman–Crippen LogP) is 3.01. The van der Waals surface area contributed by atoms with Crippen LogP contribution in [0, 0.1) is 5.82 Å². The molecule has 0 unspecified atom stereocenters. The summed E-state index contributed by atoms with van der Waals surface area (Å²) >= 11 is 5.91. The van der Waals surface area contributed by atoms with Gasteiger partial charge in [-0.1, -0.05) is 17.7 Å². The molecular weight excluding hydrogens is 281 g/mol. The van der Waals surface area contributed by atoms with Crippen molar-refractivity contribution in [2.24, 2.45) is 0 Å². The van der Waals surface area contributed by atoms with E-state index in [0.29, 0.717) is 11.4 Å². The highest BCUT2D eigenvalue weighted by Crippen LogP contribution is 2.18. The van der Waals surface area contributed by atoms with Crippen molar-refractivity contribution < 1.29 is 9.18 Å². The van der Waals surface area contributed by atoms with Gasteiger partial charge >= 0.3 is 0 Å². The number of ketones is 1. The van der Waals surface area contributed by atoms with E-state index in [4.69, 9.17) is 11.6 Å². The summed E-state index contributed by atoms with van der Waals surface area (Å²) in [5.41, 5.74) is 0.619. The molecule has 2 rings (SSSR count). The minimum atomic E-state index is -0.411. The third-order valence-electron chi connectivity index (χ3n) is 2.89. The summed E-state index contributed by atoms with van der Waals surface area (Å²) in [6, 6.07) is 4.18. The first kappa shape index (κ1) is 14.7. The van der Waals surface area contributed by atoms with Crippen molar-refractivity contribution in [3.05, 3.63) is 46.8 Å². The van der Waals surface area contributed by atoms with E-state index >= 15 is 0 Å². The summed E-state index contributed by atoms with van der Waals surface area (Å²) in [6.07, 6.45) is 1.78. The van der Waals surface area contributed by atoms with Crippen LogP contribution in [-0.2, 0) is 17.6 Å². The lowest BCUT2D eigenvalue weighted by Crippen LogP contribution is -2.14. The number of aromatic nitrogens is 3. The monoisotopic (exact) mass is 295 g/mol. The van der Waals surface area contributed by atoms with Crippen molar-refractivity contribution in [2.45, 2.75) is 32.7 Å². The van der Waals surface area contributed by atoms with Gasteiger partial charge in [0, 0.05) is 17.5 Å². The van der Waals surface area contributed by atoms with Crippen LogP contribution in [-0.4, -0.2) is 20.5 Å². The van der Waals surface area contributed by atoms with E-state index in [9.17, 15) is 9.18 Å². The molecule has 4 nitrogen and oxygen atoms in total.